The van der Waals surface area contributed by atoms with E-state index in [0.717, 1.165) is 68.5 Å². The highest BCUT2D eigenvalue weighted by Crippen LogP contribution is 2.31. The number of hydrogen-bond donors (Lipinski definition) is 7. The minimum Gasteiger partial charge on any atom is -0.506 e. The van der Waals surface area contributed by atoms with Crippen LogP contribution >= 0.6 is 11.6 Å². The van der Waals surface area contributed by atoms with Crippen molar-refractivity contribution in [2.45, 2.75) is 119 Å². The monoisotopic (exact) mass is 1130 g/mol. The molecule has 0 saturated carbocycles. The van der Waals surface area contributed by atoms with Gasteiger partial charge in [-0.2, -0.15) is 10.2 Å². The number of fused-ring (bicyclic) bond motifs is 6. The molecule has 0 saturated heterocycles. The zero-order valence-electron chi connectivity index (χ0n) is 49.8. The molecule has 2 aliphatic heterocycles. The van der Waals surface area contributed by atoms with Crippen LogP contribution in [0.25, 0.3) is 43.6 Å². The normalized spacial score (nSPS) is 12.3. The van der Waals surface area contributed by atoms with E-state index in [9.17, 15) is 19.5 Å². The molecule has 10 aromatic rings. The largest absolute Gasteiger partial charge is 0.506 e. The Morgan fingerprint density at radius 3 is 1.72 bits per heavy atom. The van der Waals surface area contributed by atoms with Gasteiger partial charge in [0.25, 0.3) is 0 Å². The van der Waals surface area contributed by atoms with Gasteiger partial charge in [0.2, 0.25) is 11.5 Å². The number of anilines is 4. The quantitative estimate of drug-likeness (QED) is 0.0835. The first kappa shape index (κ1) is 62.0. The fraction of sp³-hybridized carbons (Fsp3) is 0.309. The maximum absolute atomic E-state index is 11.5. The fourth-order valence-electron chi connectivity index (χ4n) is 8.94. The first-order chi connectivity index (χ1) is 39.6. The van der Waals surface area contributed by atoms with Crippen LogP contribution in [0.5, 0.6) is 5.75 Å². The average molecular weight is 1140 g/mol. The molecule has 83 heavy (non-hydrogen) atoms. The highest BCUT2D eigenvalue weighted by molar-refractivity contribution is 6.32. The SMILES string of the molecule is CC(C)c1ccc2[nH]c(=O)ccc2c1.CC(C)c1ccc2[nH]ccc(=O)c2c1.CC(C)c1ccc2c(c1)NCC(=O)N2.CC(C)c1ccc2c(c1)NCCN2.CC(C)c1ccc2nnccc2c1.CC(C)c1ncc2cc(O)c(Cl)cc2n1. The van der Waals surface area contributed by atoms with E-state index < -0.39 is 0 Å². The second-order valence-corrected chi connectivity index (χ2v) is 23.0. The smallest absolute Gasteiger partial charge is 0.248 e. The summed E-state index contributed by atoms with van der Waals surface area (Å²) >= 11 is 5.81. The molecule has 4 aromatic heterocycles. The number of aromatic hydroxyl groups is 1. The lowest BCUT2D eigenvalue weighted by molar-refractivity contribution is -0.114. The van der Waals surface area contributed by atoms with Gasteiger partial charge in [-0.15, -0.1) is 0 Å². The van der Waals surface area contributed by atoms with Crippen molar-refractivity contribution in [3.63, 3.8) is 0 Å². The lowest BCUT2D eigenvalue weighted by Gasteiger charge is -2.21. The van der Waals surface area contributed by atoms with E-state index in [4.69, 9.17) is 11.6 Å². The number of benzene rings is 6. The highest BCUT2D eigenvalue weighted by Gasteiger charge is 2.15. The van der Waals surface area contributed by atoms with Gasteiger partial charge in [-0.3, -0.25) is 14.4 Å². The molecule has 0 radical (unpaired) electrons. The summed E-state index contributed by atoms with van der Waals surface area (Å²) in [6.45, 7) is 28.2. The zero-order chi connectivity index (χ0) is 59.9. The average Bonchev–Trinajstić information content (AvgIpc) is 3.47. The van der Waals surface area contributed by atoms with Crippen molar-refractivity contribution in [2.24, 2.45) is 0 Å². The predicted octanol–water partition coefficient (Wildman–Crippen LogP) is 16.0. The van der Waals surface area contributed by atoms with E-state index in [1.54, 1.807) is 42.9 Å². The summed E-state index contributed by atoms with van der Waals surface area (Å²) in [4.78, 5) is 48.1. The molecule has 0 bridgehead atoms. The number of phenols is 1. The number of H-pyrrole nitrogens is 2. The predicted molar refractivity (Wildman–Crippen MR) is 346 cm³/mol. The van der Waals surface area contributed by atoms with Crippen LogP contribution in [0, 0.1) is 0 Å². The summed E-state index contributed by atoms with van der Waals surface area (Å²) in [5.41, 5.74) is 14.5. The van der Waals surface area contributed by atoms with Crippen molar-refractivity contribution in [2.75, 3.05) is 40.9 Å². The molecule has 0 atom stereocenters. The van der Waals surface area contributed by atoms with Crippen LogP contribution in [0.3, 0.4) is 0 Å². The Kier molecular flexibility index (Phi) is 21.6. The number of hydrogen-bond acceptors (Lipinski definition) is 11. The standard InChI is InChI=1S/2C12H13NO.C11H11ClN2O.C11H14N2O.C11H12N2.C11H16N2/c1-8(2)9-3-5-11-10(7-9)4-6-12(14)13-11;1-8(2)9-3-4-11-10(7-9)12(14)5-6-13-11;1-6(2)11-13-5-7-3-10(15)8(12)4-9(7)14-11;1-7(2)8-3-4-9-10(5-8)12-6-11(14)13-9;1-8(2)9-3-4-11-10(7-9)5-6-12-13-11;1-8(2)9-3-4-10-11(7-9)13-6-5-12-10/h2*3-8H,1-2H3,(H,13,14);3-6,15H,1-2H3;3-5,7,12H,6H2,1-2H3,(H,13,14);3-8H,1-2H3;3-4,7-8,12-13H,5-6H2,1-2H3. The zero-order valence-corrected chi connectivity index (χ0v) is 50.5. The summed E-state index contributed by atoms with van der Waals surface area (Å²) in [5, 5.41) is 34.1. The highest BCUT2D eigenvalue weighted by atomic mass is 35.5. The molecule has 2 aliphatic rings. The van der Waals surface area contributed by atoms with Gasteiger partial charge in [0, 0.05) is 70.7 Å². The number of pyridine rings is 2. The summed E-state index contributed by atoms with van der Waals surface area (Å²) < 4.78 is 0. The van der Waals surface area contributed by atoms with Gasteiger partial charge in [-0.05, 0) is 148 Å². The van der Waals surface area contributed by atoms with Gasteiger partial charge in [-0.1, -0.05) is 125 Å². The van der Waals surface area contributed by atoms with Gasteiger partial charge in [0.15, 0.2) is 5.43 Å². The van der Waals surface area contributed by atoms with Crippen molar-refractivity contribution in [1.29, 1.82) is 0 Å². The number of amides is 1. The molecule has 14 nitrogen and oxygen atoms in total. The summed E-state index contributed by atoms with van der Waals surface area (Å²) in [6.07, 6.45) is 5.11. The summed E-state index contributed by atoms with van der Waals surface area (Å²) in [7, 11) is 0. The topological polar surface area (TPSA) is 203 Å². The van der Waals surface area contributed by atoms with Crippen LogP contribution in [-0.4, -0.2) is 60.8 Å². The Hall–Kier alpha value is -8.62. The molecule has 0 aliphatic carbocycles. The number of carbonyl (C=O) groups is 1. The van der Waals surface area contributed by atoms with Crippen molar-refractivity contribution in [3.8, 4) is 5.75 Å². The van der Waals surface area contributed by atoms with Crippen LogP contribution in [-0.2, 0) is 4.79 Å². The van der Waals surface area contributed by atoms with Crippen LogP contribution in [0.1, 0.15) is 152 Å². The van der Waals surface area contributed by atoms with Crippen molar-refractivity contribution >= 4 is 83.9 Å². The van der Waals surface area contributed by atoms with Gasteiger partial charge in [0.1, 0.15) is 11.6 Å². The molecule has 7 N–H and O–H groups in total. The van der Waals surface area contributed by atoms with Crippen LogP contribution in [0.2, 0.25) is 5.02 Å². The number of nitrogens with zero attached hydrogens (tertiary/aromatic N) is 4. The van der Waals surface area contributed by atoms with Crippen LogP contribution in [0.15, 0.2) is 156 Å². The molecular formula is C68H79ClN10O4. The molecule has 15 heteroatoms. The molecular weight excluding hydrogens is 1060 g/mol. The summed E-state index contributed by atoms with van der Waals surface area (Å²) in [5.74, 6) is 3.81. The summed E-state index contributed by atoms with van der Waals surface area (Å²) in [6, 6.07) is 41.4. The van der Waals surface area contributed by atoms with Crippen LogP contribution in [0.4, 0.5) is 22.7 Å². The van der Waals surface area contributed by atoms with Gasteiger partial charge in [0.05, 0.1) is 51.5 Å². The number of aromatic nitrogens is 6. The Bertz CT molecular complexity index is 3940. The van der Waals surface area contributed by atoms with Gasteiger partial charge >= 0.3 is 0 Å². The molecule has 6 aromatic carbocycles. The second kappa shape index (κ2) is 28.9. The Morgan fingerprint density at radius 1 is 0.506 bits per heavy atom. The number of nitrogens with one attached hydrogen (secondary N) is 6. The first-order valence-corrected chi connectivity index (χ1v) is 28.9. The molecule has 6 heterocycles. The Labute approximate surface area is 492 Å². The second-order valence-electron chi connectivity index (χ2n) is 22.5. The molecule has 0 unspecified atom stereocenters. The van der Waals surface area contributed by atoms with E-state index in [1.165, 1.54) is 44.6 Å². The minimum absolute atomic E-state index is 0.0230. The first-order valence-electron chi connectivity index (χ1n) is 28.5. The number of rotatable bonds is 6. The van der Waals surface area contributed by atoms with E-state index in [1.807, 2.05) is 56.3 Å². The third kappa shape index (κ3) is 17.2. The third-order valence-electron chi connectivity index (χ3n) is 14.1. The number of phenolic OH excluding ortho intramolecular Hbond substituents is 1. The molecule has 1 amide bonds. The van der Waals surface area contributed by atoms with E-state index >= 15 is 0 Å². The van der Waals surface area contributed by atoms with Crippen molar-refractivity contribution < 1.29 is 9.90 Å². The lowest BCUT2D eigenvalue weighted by Crippen LogP contribution is -2.27. The minimum atomic E-state index is -0.0465. The maximum Gasteiger partial charge on any atom is 0.248 e. The number of carbonyl (C=O) groups excluding carboxylic acids is 1. The van der Waals surface area contributed by atoms with E-state index in [-0.39, 0.29) is 28.6 Å². The molecule has 432 valence electrons. The molecule has 0 fully saturated rings. The molecule has 0 spiro atoms. The van der Waals surface area contributed by atoms with E-state index in [2.05, 4.69) is 181 Å². The fourth-order valence-corrected chi connectivity index (χ4v) is 9.10. The number of aromatic amines is 2. The maximum atomic E-state index is 11.5. The van der Waals surface area contributed by atoms with E-state index in [0.29, 0.717) is 41.2 Å². The van der Waals surface area contributed by atoms with Crippen molar-refractivity contribution in [3.05, 3.63) is 205 Å². The van der Waals surface area contributed by atoms with Crippen molar-refractivity contribution in [1.82, 2.24) is 30.1 Å². The van der Waals surface area contributed by atoms with Crippen LogP contribution < -0.4 is 32.3 Å². The Morgan fingerprint density at radius 2 is 1.07 bits per heavy atom. The third-order valence-corrected chi connectivity index (χ3v) is 14.4. The van der Waals surface area contributed by atoms with Gasteiger partial charge in [-0.25, -0.2) is 9.97 Å². The van der Waals surface area contributed by atoms with Gasteiger partial charge < -0.3 is 36.3 Å². The molecule has 12 rings (SSSR count). The Balaban J connectivity index is 0.000000143. The lowest BCUT2D eigenvalue weighted by atomic mass is 10.0. The number of halogens is 1.